The molecular weight excluding hydrogens is 394 g/mol. The van der Waals surface area contributed by atoms with Gasteiger partial charge in [-0.1, -0.05) is 26.0 Å². The molecule has 0 aliphatic carbocycles. The van der Waals surface area contributed by atoms with Crippen LogP contribution in [0.25, 0.3) is 0 Å². The second kappa shape index (κ2) is 10.1. The summed E-state index contributed by atoms with van der Waals surface area (Å²) in [5.74, 6) is -0.269. The van der Waals surface area contributed by atoms with E-state index in [2.05, 4.69) is 10.3 Å². The third-order valence-corrected chi connectivity index (χ3v) is 4.52. The molecule has 1 heterocycles. The van der Waals surface area contributed by atoms with Crippen LogP contribution in [0, 0.1) is 17.2 Å². The number of ether oxygens (including phenoxy) is 2. The molecule has 0 spiro atoms. The standard InChI is InChI=1S/C24H29N3O4/c1-15(2)22(28)20(12-16-8-7-9-17(14-25)26-16)19-11-10-18(30-6)13-21(19)27-23(29)31-24(3,4)5/h7-11,13,15,20H,12H2,1-6H3,(H,27,29). The molecule has 31 heavy (non-hydrogen) atoms. The Morgan fingerprint density at radius 2 is 1.90 bits per heavy atom. The number of Topliss-reactive ketones (excluding diaryl/α,β-unsaturated/α-hetero) is 1. The summed E-state index contributed by atoms with van der Waals surface area (Å²) in [7, 11) is 1.53. The molecule has 0 radical (unpaired) electrons. The normalized spacial score (nSPS) is 12.1. The third kappa shape index (κ3) is 6.82. The maximum absolute atomic E-state index is 13.2. The zero-order valence-corrected chi connectivity index (χ0v) is 18.9. The summed E-state index contributed by atoms with van der Waals surface area (Å²) in [4.78, 5) is 29.9. The molecule has 1 amide bonds. The van der Waals surface area contributed by atoms with Gasteiger partial charge in [0, 0.05) is 24.1 Å². The first kappa shape index (κ1) is 23.9. The number of carbonyl (C=O) groups excluding carboxylic acids is 2. The molecule has 0 aliphatic heterocycles. The van der Waals surface area contributed by atoms with Crippen LogP contribution >= 0.6 is 0 Å². The van der Waals surface area contributed by atoms with Gasteiger partial charge in [-0.15, -0.1) is 0 Å². The van der Waals surface area contributed by atoms with Gasteiger partial charge in [-0.25, -0.2) is 9.78 Å². The van der Waals surface area contributed by atoms with Crippen LogP contribution in [0.1, 0.15) is 57.5 Å². The maximum Gasteiger partial charge on any atom is 0.412 e. The van der Waals surface area contributed by atoms with E-state index in [0.717, 1.165) is 0 Å². The molecule has 1 aromatic heterocycles. The van der Waals surface area contributed by atoms with E-state index < -0.39 is 17.6 Å². The molecule has 7 nitrogen and oxygen atoms in total. The van der Waals surface area contributed by atoms with Gasteiger partial charge < -0.3 is 9.47 Å². The van der Waals surface area contributed by atoms with Crippen LogP contribution in [-0.4, -0.2) is 29.6 Å². The number of carbonyl (C=O) groups is 2. The number of methoxy groups -OCH3 is 1. The molecule has 1 unspecified atom stereocenters. The lowest BCUT2D eigenvalue weighted by Crippen LogP contribution is -2.28. The smallest absolute Gasteiger partial charge is 0.412 e. The van der Waals surface area contributed by atoms with Crippen molar-refractivity contribution in [2.45, 2.75) is 52.6 Å². The van der Waals surface area contributed by atoms with E-state index in [1.54, 1.807) is 57.2 Å². The molecule has 2 rings (SSSR count). The van der Waals surface area contributed by atoms with Crippen molar-refractivity contribution in [3.05, 3.63) is 53.3 Å². The number of anilines is 1. The van der Waals surface area contributed by atoms with Crippen molar-refractivity contribution in [1.29, 1.82) is 5.26 Å². The van der Waals surface area contributed by atoms with Crippen LogP contribution in [0.5, 0.6) is 5.75 Å². The third-order valence-electron chi connectivity index (χ3n) is 4.52. The molecule has 1 aromatic carbocycles. The van der Waals surface area contributed by atoms with E-state index in [1.807, 2.05) is 19.9 Å². The average Bonchev–Trinajstić information content (AvgIpc) is 2.70. The van der Waals surface area contributed by atoms with Gasteiger partial charge in [0.25, 0.3) is 0 Å². The van der Waals surface area contributed by atoms with E-state index in [0.29, 0.717) is 29.1 Å². The molecular formula is C24H29N3O4. The molecule has 1 N–H and O–H groups in total. The Morgan fingerprint density at radius 1 is 1.19 bits per heavy atom. The molecule has 1 atom stereocenters. The predicted molar refractivity (Wildman–Crippen MR) is 118 cm³/mol. The van der Waals surface area contributed by atoms with Crippen molar-refractivity contribution in [3.8, 4) is 11.8 Å². The van der Waals surface area contributed by atoms with Gasteiger partial charge in [-0.05, 0) is 44.5 Å². The summed E-state index contributed by atoms with van der Waals surface area (Å²) in [5, 5.41) is 11.9. The number of nitriles is 1. The quantitative estimate of drug-likeness (QED) is 0.682. The Kier molecular flexibility index (Phi) is 7.76. The summed E-state index contributed by atoms with van der Waals surface area (Å²) >= 11 is 0. The van der Waals surface area contributed by atoms with Crippen molar-refractivity contribution in [3.63, 3.8) is 0 Å². The molecule has 0 fully saturated rings. The Hall–Kier alpha value is -3.40. The number of hydrogen-bond acceptors (Lipinski definition) is 6. The van der Waals surface area contributed by atoms with Crippen LogP contribution in [0.4, 0.5) is 10.5 Å². The number of rotatable bonds is 7. The van der Waals surface area contributed by atoms with E-state index in [9.17, 15) is 9.59 Å². The van der Waals surface area contributed by atoms with Gasteiger partial charge in [-0.2, -0.15) is 5.26 Å². The Balaban J connectivity index is 2.49. The van der Waals surface area contributed by atoms with E-state index in [1.165, 1.54) is 7.11 Å². The minimum absolute atomic E-state index is 0.00145. The lowest BCUT2D eigenvalue weighted by atomic mass is 9.84. The number of amides is 1. The number of nitrogens with one attached hydrogen (secondary N) is 1. The Labute approximate surface area is 183 Å². The number of nitrogens with zero attached hydrogens (tertiary/aromatic N) is 2. The number of ketones is 1. The fourth-order valence-electron chi connectivity index (χ4n) is 3.12. The monoisotopic (exact) mass is 423 g/mol. The highest BCUT2D eigenvalue weighted by molar-refractivity contribution is 5.92. The van der Waals surface area contributed by atoms with Crippen LogP contribution in [0.2, 0.25) is 0 Å². The van der Waals surface area contributed by atoms with Crippen molar-refractivity contribution in [2.75, 3.05) is 12.4 Å². The van der Waals surface area contributed by atoms with Crippen LogP contribution < -0.4 is 10.1 Å². The van der Waals surface area contributed by atoms with Crippen molar-refractivity contribution >= 4 is 17.6 Å². The summed E-state index contributed by atoms with van der Waals surface area (Å²) in [6.45, 7) is 8.99. The first-order valence-corrected chi connectivity index (χ1v) is 10.1. The highest BCUT2D eigenvalue weighted by Gasteiger charge is 2.28. The largest absolute Gasteiger partial charge is 0.497 e. The molecule has 0 bridgehead atoms. The van der Waals surface area contributed by atoms with Crippen LogP contribution in [0.15, 0.2) is 36.4 Å². The fraction of sp³-hybridized carbons (Fsp3) is 0.417. The molecule has 0 saturated carbocycles. The van der Waals surface area contributed by atoms with E-state index in [4.69, 9.17) is 14.7 Å². The highest BCUT2D eigenvalue weighted by Crippen LogP contribution is 2.33. The Morgan fingerprint density at radius 3 is 2.48 bits per heavy atom. The van der Waals surface area contributed by atoms with Crippen LogP contribution in [0.3, 0.4) is 0 Å². The maximum atomic E-state index is 13.2. The van der Waals surface area contributed by atoms with E-state index >= 15 is 0 Å². The second-order valence-electron chi connectivity index (χ2n) is 8.52. The second-order valence-corrected chi connectivity index (χ2v) is 8.52. The Bertz CT molecular complexity index is 987. The van der Waals surface area contributed by atoms with Crippen LogP contribution in [-0.2, 0) is 16.0 Å². The predicted octanol–water partition coefficient (Wildman–Crippen LogP) is 4.86. The lowest BCUT2D eigenvalue weighted by molar-refractivity contribution is -0.123. The van der Waals surface area contributed by atoms with Gasteiger partial charge in [0.1, 0.15) is 28.9 Å². The zero-order valence-electron chi connectivity index (χ0n) is 18.9. The topological polar surface area (TPSA) is 101 Å². The SMILES string of the molecule is COc1ccc(C(Cc2cccc(C#N)n2)C(=O)C(C)C)c(NC(=O)OC(C)(C)C)c1. The summed E-state index contributed by atoms with van der Waals surface area (Å²) in [6.07, 6.45) is -0.329. The number of hydrogen-bond donors (Lipinski definition) is 1. The molecule has 2 aromatic rings. The van der Waals surface area contributed by atoms with Crippen molar-refractivity contribution in [2.24, 2.45) is 5.92 Å². The van der Waals surface area contributed by atoms with Gasteiger partial charge in [0.05, 0.1) is 18.7 Å². The van der Waals surface area contributed by atoms with E-state index in [-0.39, 0.29) is 17.4 Å². The number of aromatic nitrogens is 1. The summed E-state index contributed by atoms with van der Waals surface area (Å²) in [5.41, 5.74) is 1.31. The molecule has 0 aliphatic rings. The summed E-state index contributed by atoms with van der Waals surface area (Å²) in [6, 6.07) is 12.3. The number of benzene rings is 1. The first-order chi connectivity index (χ1) is 14.5. The fourth-order valence-corrected chi connectivity index (χ4v) is 3.12. The van der Waals surface area contributed by atoms with Crippen molar-refractivity contribution in [1.82, 2.24) is 4.98 Å². The highest BCUT2D eigenvalue weighted by atomic mass is 16.6. The number of pyridine rings is 1. The minimum Gasteiger partial charge on any atom is -0.497 e. The van der Waals surface area contributed by atoms with Gasteiger partial charge in [0.2, 0.25) is 0 Å². The van der Waals surface area contributed by atoms with Gasteiger partial charge in [0.15, 0.2) is 0 Å². The molecule has 164 valence electrons. The van der Waals surface area contributed by atoms with Crippen molar-refractivity contribution < 1.29 is 19.1 Å². The molecule has 0 saturated heterocycles. The molecule has 7 heteroatoms. The summed E-state index contributed by atoms with van der Waals surface area (Å²) < 4.78 is 10.7. The zero-order chi connectivity index (χ0) is 23.2. The lowest BCUT2D eigenvalue weighted by Gasteiger charge is -2.24. The average molecular weight is 424 g/mol. The first-order valence-electron chi connectivity index (χ1n) is 10.1. The van der Waals surface area contributed by atoms with Gasteiger partial charge >= 0.3 is 6.09 Å². The van der Waals surface area contributed by atoms with Gasteiger partial charge in [-0.3, -0.25) is 10.1 Å². The minimum atomic E-state index is -0.669.